The maximum Gasteiger partial charge on any atom is 0.414 e. The summed E-state index contributed by atoms with van der Waals surface area (Å²) in [4.78, 5) is 48.1. The number of hydrogen-bond donors (Lipinski definition) is 2. The zero-order valence-electron chi connectivity index (χ0n) is 17.8. The highest BCUT2D eigenvalue weighted by Gasteiger charge is 2.40. The topological polar surface area (TPSA) is 124 Å². The van der Waals surface area contributed by atoms with Gasteiger partial charge in [0, 0.05) is 24.9 Å². The lowest BCUT2D eigenvalue weighted by Gasteiger charge is -2.28. The third-order valence-corrected chi connectivity index (χ3v) is 6.39. The molecule has 0 unspecified atom stereocenters. The summed E-state index contributed by atoms with van der Waals surface area (Å²) in [6.07, 6.45) is -0.846. The summed E-state index contributed by atoms with van der Waals surface area (Å²) in [5.41, 5.74) is 1.88. The number of likely N-dealkylation sites (N-methyl/N-ethyl adjacent to an activating group) is 1. The number of aliphatic carboxylic acids is 2. The molecule has 2 N–H and O–H groups in total. The van der Waals surface area contributed by atoms with E-state index in [1.807, 2.05) is 60.1 Å². The fraction of sp³-hybridized carbons (Fsp3) is 0.333. The van der Waals surface area contributed by atoms with E-state index in [1.165, 1.54) is 6.92 Å². The molecular weight excluding hydrogens is 456 g/mol. The van der Waals surface area contributed by atoms with Gasteiger partial charge in [0.15, 0.2) is 6.10 Å². The number of fused-ring (bicyclic) bond motifs is 1. The van der Waals surface area contributed by atoms with Crippen LogP contribution < -0.4 is 4.90 Å². The summed E-state index contributed by atoms with van der Waals surface area (Å²) >= 11 is 3.15. The van der Waals surface area contributed by atoms with Crippen molar-refractivity contribution in [2.45, 2.75) is 23.2 Å². The molecule has 0 saturated carbocycles. The maximum absolute atomic E-state index is 13.4. The number of carboxylic acid groups (broad SMARTS) is 2. The number of nitrogens with zero attached hydrogens (tertiary/aromatic N) is 2. The van der Waals surface area contributed by atoms with E-state index in [0.717, 1.165) is 22.7 Å². The van der Waals surface area contributed by atoms with E-state index in [4.69, 9.17) is 24.5 Å². The van der Waals surface area contributed by atoms with Crippen LogP contribution in [0.3, 0.4) is 0 Å². The van der Waals surface area contributed by atoms with E-state index in [0.29, 0.717) is 6.54 Å². The molecule has 2 aromatic rings. The number of carbonyl (C=O) groups is 4. The molecule has 0 aliphatic carbocycles. The summed E-state index contributed by atoms with van der Waals surface area (Å²) in [5, 5.41) is 18.5. The molecule has 0 bridgehead atoms. The first-order valence-corrected chi connectivity index (χ1v) is 11.3. The molecule has 2 heterocycles. The van der Waals surface area contributed by atoms with E-state index in [-0.39, 0.29) is 11.2 Å². The second-order valence-corrected chi connectivity index (χ2v) is 8.96. The second kappa shape index (κ2) is 11.7. The Morgan fingerprint density at radius 3 is 2.31 bits per heavy atom. The van der Waals surface area contributed by atoms with E-state index in [9.17, 15) is 9.59 Å². The lowest BCUT2D eigenvalue weighted by molar-refractivity contribution is -0.159. The molecule has 0 fully saturated rings. The molecule has 0 spiro atoms. The SMILES string of the molecule is CC(=O)O[C@H]1C(=O)N(CCN(C)C)c2ccccc2S[C@H]1c1ccsc1.O=C(O)C(=O)O. The molecule has 1 aromatic heterocycles. The highest BCUT2D eigenvalue weighted by atomic mass is 32.2. The molecular formula is C21H24N2O7S2. The van der Waals surface area contributed by atoms with Crippen LogP contribution in [0.2, 0.25) is 0 Å². The van der Waals surface area contributed by atoms with E-state index >= 15 is 0 Å². The number of anilines is 1. The number of ether oxygens (including phenoxy) is 1. The van der Waals surface area contributed by atoms with Gasteiger partial charge in [-0.1, -0.05) is 12.1 Å². The van der Waals surface area contributed by atoms with Gasteiger partial charge in [0.25, 0.3) is 5.91 Å². The van der Waals surface area contributed by atoms with E-state index < -0.39 is 24.0 Å². The predicted molar refractivity (Wildman–Crippen MR) is 121 cm³/mol. The smallest absolute Gasteiger partial charge is 0.414 e. The first-order valence-electron chi connectivity index (χ1n) is 9.49. The zero-order valence-corrected chi connectivity index (χ0v) is 19.4. The van der Waals surface area contributed by atoms with E-state index in [1.54, 1.807) is 28.0 Å². The predicted octanol–water partition coefficient (Wildman–Crippen LogP) is 2.58. The van der Waals surface area contributed by atoms with Gasteiger partial charge in [-0.15, -0.1) is 11.8 Å². The number of para-hydroxylation sites is 1. The quantitative estimate of drug-likeness (QED) is 0.491. The number of thioether (sulfide) groups is 1. The van der Waals surface area contributed by atoms with Crippen molar-refractivity contribution in [2.24, 2.45) is 0 Å². The first kappa shape index (κ1) is 25.4. The van der Waals surface area contributed by atoms with E-state index in [2.05, 4.69) is 0 Å². The second-order valence-electron chi connectivity index (χ2n) is 7.00. The van der Waals surface area contributed by atoms with Gasteiger partial charge in [0.2, 0.25) is 0 Å². The van der Waals surface area contributed by atoms with Crippen LogP contribution >= 0.6 is 23.1 Å². The van der Waals surface area contributed by atoms with Crippen molar-refractivity contribution in [2.75, 3.05) is 32.1 Å². The van der Waals surface area contributed by atoms with Crippen LogP contribution in [-0.2, 0) is 23.9 Å². The van der Waals surface area contributed by atoms with Gasteiger partial charge in [-0.25, -0.2) is 9.59 Å². The monoisotopic (exact) mass is 480 g/mol. The van der Waals surface area contributed by atoms with Crippen molar-refractivity contribution in [3.63, 3.8) is 0 Å². The fourth-order valence-corrected chi connectivity index (χ4v) is 4.97. The molecule has 11 heteroatoms. The Morgan fingerprint density at radius 1 is 1.12 bits per heavy atom. The minimum atomic E-state index is -1.82. The molecule has 9 nitrogen and oxygen atoms in total. The Hall–Kier alpha value is -2.89. The molecule has 2 atom stereocenters. The van der Waals surface area contributed by atoms with Gasteiger partial charge in [0.1, 0.15) is 0 Å². The minimum Gasteiger partial charge on any atom is -0.473 e. The molecule has 0 radical (unpaired) electrons. The number of thiophene rings is 1. The molecule has 32 heavy (non-hydrogen) atoms. The summed E-state index contributed by atoms with van der Waals surface area (Å²) < 4.78 is 5.53. The molecule has 1 aliphatic heterocycles. The molecule has 0 saturated heterocycles. The Kier molecular flexibility index (Phi) is 9.24. The van der Waals surface area contributed by atoms with Crippen LogP contribution in [0.4, 0.5) is 5.69 Å². The normalized spacial score (nSPS) is 17.6. The molecule has 172 valence electrons. The average molecular weight is 481 g/mol. The van der Waals surface area contributed by atoms with Gasteiger partial charge in [-0.2, -0.15) is 11.3 Å². The molecule has 1 aromatic carbocycles. The van der Waals surface area contributed by atoms with Gasteiger partial charge in [0.05, 0.1) is 10.9 Å². The van der Waals surface area contributed by atoms with Crippen LogP contribution in [0, 0.1) is 0 Å². The number of rotatable bonds is 5. The highest BCUT2D eigenvalue weighted by molar-refractivity contribution is 7.99. The maximum atomic E-state index is 13.4. The van der Waals surface area contributed by atoms with Gasteiger partial charge in [-0.3, -0.25) is 9.59 Å². The first-order chi connectivity index (χ1) is 15.1. The van der Waals surface area contributed by atoms with Gasteiger partial charge in [-0.05, 0) is 48.6 Å². The number of carboxylic acids is 2. The number of carbonyl (C=O) groups excluding carboxylic acids is 2. The van der Waals surface area contributed by atoms with Crippen molar-refractivity contribution in [3.8, 4) is 0 Å². The minimum absolute atomic E-state index is 0.171. The Labute approximate surface area is 193 Å². The summed E-state index contributed by atoms with van der Waals surface area (Å²) in [5.74, 6) is -4.26. The molecule has 1 aliphatic rings. The summed E-state index contributed by atoms with van der Waals surface area (Å²) in [6.45, 7) is 2.61. The zero-order chi connectivity index (χ0) is 23.8. The fourth-order valence-electron chi connectivity index (χ4n) is 2.88. The van der Waals surface area contributed by atoms with Crippen molar-refractivity contribution < 1.29 is 34.1 Å². The molecule has 3 rings (SSSR count). The lowest BCUT2D eigenvalue weighted by Crippen LogP contribution is -2.45. The Bertz CT molecular complexity index is 951. The number of amides is 1. The standard InChI is InChI=1S/C19H22N2O3S2.C2H2O4/c1-13(22)24-17-18(14-8-11-25-12-14)26-16-7-5-4-6-15(16)21(19(17)23)10-9-20(2)3;3-1(4)2(5)6/h4-8,11-12,17-18H,9-10H2,1-3H3;(H,3,4)(H,5,6)/t17-,18+;/m1./s1. The van der Waals surface area contributed by atoms with Crippen LogP contribution in [0.1, 0.15) is 17.7 Å². The van der Waals surface area contributed by atoms with Crippen LogP contribution in [0.25, 0.3) is 0 Å². The largest absolute Gasteiger partial charge is 0.473 e. The Morgan fingerprint density at radius 2 is 1.78 bits per heavy atom. The Balaban J connectivity index is 0.000000534. The van der Waals surface area contributed by atoms with Gasteiger partial charge < -0.3 is 24.7 Å². The average Bonchev–Trinajstić information content (AvgIpc) is 3.22. The van der Waals surface area contributed by atoms with Crippen LogP contribution in [0.15, 0.2) is 46.0 Å². The number of hydrogen-bond acceptors (Lipinski definition) is 8. The number of esters is 1. The van der Waals surface area contributed by atoms with Crippen LogP contribution in [0.5, 0.6) is 0 Å². The summed E-state index contributed by atoms with van der Waals surface area (Å²) in [7, 11) is 3.95. The van der Waals surface area contributed by atoms with Crippen molar-refractivity contribution in [3.05, 3.63) is 46.7 Å². The van der Waals surface area contributed by atoms with Gasteiger partial charge >= 0.3 is 17.9 Å². The van der Waals surface area contributed by atoms with Crippen LogP contribution in [-0.4, -0.2) is 72.2 Å². The van der Waals surface area contributed by atoms with Crippen molar-refractivity contribution in [1.29, 1.82) is 0 Å². The lowest BCUT2D eigenvalue weighted by atomic mass is 10.1. The highest BCUT2D eigenvalue weighted by Crippen LogP contribution is 2.47. The van der Waals surface area contributed by atoms with Crippen molar-refractivity contribution >= 4 is 52.6 Å². The third-order valence-electron chi connectivity index (χ3n) is 4.31. The third kappa shape index (κ3) is 6.81. The molecule has 1 amide bonds. The van der Waals surface area contributed by atoms with Crippen molar-refractivity contribution in [1.82, 2.24) is 4.90 Å². The number of benzene rings is 1. The summed E-state index contributed by atoms with van der Waals surface area (Å²) in [6, 6.07) is 9.87.